The Bertz CT molecular complexity index is 504. The van der Waals surface area contributed by atoms with Crippen molar-refractivity contribution in [3.05, 3.63) is 29.8 Å². The number of halogens is 1. The first-order chi connectivity index (χ1) is 10.5. The van der Waals surface area contributed by atoms with E-state index >= 15 is 0 Å². The highest BCUT2D eigenvalue weighted by Gasteiger charge is 2.35. The Hall–Kier alpha value is -1.30. The fraction of sp³-hybridized carbons (Fsp3) is 0.588. The Morgan fingerprint density at radius 1 is 1.39 bits per heavy atom. The lowest BCUT2D eigenvalue weighted by Gasteiger charge is -2.32. The number of aliphatic hydroxyl groups excluding tert-OH is 1. The van der Waals surface area contributed by atoms with Crippen molar-refractivity contribution in [1.29, 1.82) is 0 Å². The number of hydrogen-bond acceptors (Lipinski definition) is 4. The summed E-state index contributed by atoms with van der Waals surface area (Å²) in [5.74, 6) is 0.551. The molecule has 1 aliphatic carbocycles. The number of nitrogens with one attached hydrogen (secondary N) is 1. The minimum Gasteiger partial charge on any atom is -0.491 e. The average molecular weight is 343 g/mol. The Morgan fingerprint density at radius 3 is 2.74 bits per heavy atom. The fourth-order valence-corrected chi connectivity index (χ4v) is 2.75. The van der Waals surface area contributed by atoms with Crippen molar-refractivity contribution in [3.8, 4) is 5.75 Å². The lowest BCUT2D eigenvalue weighted by atomic mass is 9.82. The maximum Gasteiger partial charge on any atom is 0.240 e. The largest absolute Gasteiger partial charge is 0.491 e. The molecule has 1 aliphatic rings. The van der Waals surface area contributed by atoms with E-state index in [1.807, 2.05) is 31.2 Å². The molecule has 1 fully saturated rings. The molecule has 1 amide bonds. The predicted octanol–water partition coefficient (Wildman–Crippen LogP) is 1.93. The highest BCUT2D eigenvalue weighted by atomic mass is 35.5. The van der Waals surface area contributed by atoms with Gasteiger partial charge in [-0.3, -0.25) is 4.79 Å². The average Bonchev–Trinajstić information content (AvgIpc) is 2.51. The van der Waals surface area contributed by atoms with Crippen molar-refractivity contribution in [2.24, 2.45) is 5.73 Å². The van der Waals surface area contributed by atoms with Crippen LogP contribution in [0.4, 0.5) is 0 Å². The van der Waals surface area contributed by atoms with Crippen molar-refractivity contribution < 1.29 is 14.6 Å². The van der Waals surface area contributed by atoms with Gasteiger partial charge in [0, 0.05) is 6.54 Å². The number of aliphatic hydroxyl groups is 1. The summed E-state index contributed by atoms with van der Waals surface area (Å²) >= 11 is 0. The number of hydrogen-bond donors (Lipinski definition) is 3. The Morgan fingerprint density at radius 2 is 2.09 bits per heavy atom. The van der Waals surface area contributed by atoms with E-state index in [1.54, 1.807) is 0 Å². The number of aryl methyl sites for hydroxylation is 1. The van der Waals surface area contributed by atoms with E-state index in [0.29, 0.717) is 18.6 Å². The van der Waals surface area contributed by atoms with Crippen LogP contribution in [-0.4, -0.2) is 35.8 Å². The molecular formula is C17H27ClN2O3. The minimum atomic E-state index is -0.768. The van der Waals surface area contributed by atoms with Gasteiger partial charge in [0.15, 0.2) is 0 Å². The zero-order chi connectivity index (χ0) is 16.0. The van der Waals surface area contributed by atoms with Crippen LogP contribution >= 0.6 is 12.4 Å². The second kappa shape index (κ2) is 9.11. The van der Waals surface area contributed by atoms with E-state index in [1.165, 1.54) is 0 Å². The van der Waals surface area contributed by atoms with Crippen LogP contribution < -0.4 is 15.8 Å². The van der Waals surface area contributed by atoms with Crippen LogP contribution in [0, 0.1) is 6.92 Å². The highest BCUT2D eigenvalue weighted by molar-refractivity contribution is 5.86. The molecule has 0 aliphatic heterocycles. The number of carbonyl (C=O) groups is 1. The summed E-state index contributed by atoms with van der Waals surface area (Å²) in [5, 5.41) is 12.7. The second-order valence-corrected chi connectivity index (χ2v) is 6.21. The molecular weight excluding hydrogens is 316 g/mol. The van der Waals surface area contributed by atoms with Crippen LogP contribution in [0.3, 0.4) is 0 Å². The molecule has 6 heteroatoms. The van der Waals surface area contributed by atoms with Crippen LogP contribution in [0.15, 0.2) is 24.3 Å². The van der Waals surface area contributed by atoms with Gasteiger partial charge in [0.25, 0.3) is 0 Å². The Labute approximate surface area is 144 Å². The normalized spacial score (nSPS) is 17.7. The first-order valence-corrected chi connectivity index (χ1v) is 7.94. The number of amides is 1. The van der Waals surface area contributed by atoms with Gasteiger partial charge in [-0.15, -0.1) is 12.4 Å². The zero-order valence-electron chi connectivity index (χ0n) is 13.6. The zero-order valence-corrected chi connectivity index (χ0v) is 14.4. The highest BCUT2D eigenvalue weighted by Crippen LogP contribution is 2.25. The molecule has 4 N–H and O–H groups in total. The van der Waals surface area contributed by atoms with Crippen molar-refractivity contribution >= 4 is 18.3 Å². The van der Waals surface area contributed by atoms with Gasteiger partial charge in [-0.05, 0) is 37.5 Å². The van der Waals surface area contributed by atoms with Crippen LogP contribution in [0.1, 0.15) is 37.7 Å². The SMILES string of the molecule is Cc1cccc(OCC(O)CNC(=O)C2(N)CCCCC2)c1.Cl. The van der Waals surface area contributed by atoms with E-state index in [4.69, 9.17) is 10.5 Å². The van der Waals surface area contributed by atoms with Gasteiger partial charge in [0.2, 0.25) is 5.91 Å². The van der Waals surface area contributed by atoms with Crippen molar-refractivity contribution in [2.45, 2.75) is 50.7 Å². The van der Waals surface area contributed by atoms with Crippen LogP contribution in [0.25, 0.3) is 0 Å². The summed E-state index contributed by atoms with van der Waals surface area (Å²) in [5.41, 5.74) is 6.48. The van der Waals surface area contributed by atoms with Gasteiger partial charge in [-0.1, -0.05) is 31.4 Å². The van der Waals surface area contributed by atoms with E-state index in [-0.39, 0.29) is 31.5 Å². The molecule has 0 radical (unpaired) electrons. The van der Waals surface area contributed by atoms with Crippen LogP contribution in [0.5, 0.6) is 5.75 Å². The third kappa shape index (κ3) is 6.01. The molecule has 1 aromatic rings. The lowest BCUT2D eigenvalue weighted by Crippen LogP contribution is -2.56. The lowest BCUT2D eigenvalue weighted by molar-refractivity contribution is -0.128. The first-order valence-electron chi connectivity index (χ1n) is 7.94. The van der Waals surface area contributed by atoms with Gasteiger partial charge >= 0.3 is 0 Å². The number of ether oxygens (including phenoxy) is 1. The number of benzene rings is 1. The molecule has 1 unspecified atom stereocenters. The van der Waals surface area contributed by atoms with Crippen LogP contribution in [-0.2, 0) is 4.79 Å². The van der Waals surface area contributed by atoms with E-state index < -0.39 is 11.6 Å². The van der Waals surface area contributed by atoms with Gasteiger partial charge in [-0.25, -0.2) is 0 Å². The molecule has 1 aromatic carbocycles. The fourth-order valence-electron chi connectivity index (χ4n) is 2.75. The topological polar surface area (TPSA) is 84.6 Å². The van der Waals surface area contributed by atoms with E-state index in [0.717, 1.165) is 24.8 Å². The summed E-state index contributed by atoms with van der Waals surface area (Å²) in [6.45, 7) is 2.28. The summed E-state index contributed by atoms with van der Waals surface area (Å²) < 4.78 is 5.52. The van der Waals surface area contributed by atoms with Gasteiger partial charge in [-0.2, -0.15) is 0 Å². The molecule has 130 valence electrons. The monoisotopic (exact) mass is 342 g/mol. The minimum absolute atomic E-state index is 0. The molecule has 0 heterocycles. The maximum absolute atomic E-state index is 12.2. The summed E-state index contributed by atoms with van der Waals surface area (Å²) in [7, 11) is 0. The number of rotatable bonds is 6. The summed E-state index contributed by atoms with van der Waals surface area (Å²) in [4.78, 5) is 12.2. The van der Waals surface area contributed by atoms with E-state index in [2.05, 4.69) is 5.32 Å². The van der Waals surface area contributed by atoms with Gasteiger partial charge in [0.1, 0.15) is 18.5 Å². The summed E-state index contributed by atoms with van der Waals surface area (Å²) in [6.07, 6.45) is 3.80. The van der Waals surface area contributed by atoms with Gasteiger partial charge < -0.3 is 20.9 Å². The molecule has 5 nitrogen and oxygen atoms in total. The second-order valence-electron chi connectivity index (χ2n) is 6.21. The third-order valence-electron chi connectivity index (χ3n) is 4.13. The molecule has 1 saturated carbocycles. The first kappa shape index (κ1) is 19.7. The van der Waals surface area contributed by atoms with Crippen molar-refractivity contribution in [2.75, 3.05) is 13.2 Å². The summed E-state index contributed by atoms with van der Waals surface area (Å²) in [6, 6.07) is 7.63. The third-order valence-corrected chi connectivity index (χ3v) is 4.13. The molecule has 0 aromatic heterocycles. The molecule has 0 saturated heterocycles. The molecule has 1 atom stereocenters. The Kier molecular flexibility index (Phi) is 7.82. The van der Waals surface area contributed by atoms with Crippen molar-refractivity contribution in [1.82, 2.24) is 5.32 Å². The maximum atomic E-state index is 12.2. The van der Waals surface area contributed by atoms with Crippen molar-refractivity contribution in [3.63, 3.8) is 0 Å². The smallest absolute Gasteiger partial charge is 0.240 e. The Balaban J connectivity index is 0.00000264. The van der Waals surface area contributed by atoms with Gasteiger partial charge in [0.05, 0.1) is 5.54 Å². The number of carbonyl (C=O) groups excluding carboxylic acids is 1. The quantitative estimate of drug-likeness (QED) is 0.737. The molecule has 23 heavy (non-hydrogen) atoms. The molecule has 2 rings (SSSR count). The number of nitrogens with two attached hydrogens (primary N) is 1. The predicted molar refractivity (Wildman–Crippen MR) is 92.9 cm³/mol. The van der Waals surface area contributed by atoms with Crippen LogP contribution in [0.2, 0.25) is 0 Å². The standard InChI is InChI=1S/C17H26N2O3.ClH/c1-13-6-5-7-15(10-13)22-12-14(20)11-19-16(21)17(18)8-3-2-4-9-17;/h5-7,10,14,20H,2-4,8-9,11-12,18H2,1H3,(H,19,21);1H. The molecule has 0 bridgehead atoms. The molecule has 0 spiro atoms. The van der Waals surface area contributed by atoms with E-state index in [9.17, 15) is 9.90 Å².